The van der Waals surface area contributed by atoms with Crippen LogP contribution in [0, 0.1) is 0 Å². The highest BCUT2D eigenvalue weighted by Gasteiger charge is 2.25. The minimum atomic E-state index is -1.18. The Balaban J connectivity index is 0.000000289. The van der Waals surface area contributed by atoms with Crippen molar-refractivity contribution in [1.82, 2.24) is 0 Å². The van der Waals surface area contributed by atoms with E-state index in [0.29, 0.717) is 16.2 Å². The van der Waals surface area contributed by atoms with Gasteiger partial charge in [0.25, 0.3) is 0 Å². The normalized spacial score (nSPS) is 21.2. The molecule has 1 atom stereocenters. The van der Waals surface area contributed by atoms with Crippen molar-refractivity contribution in [3.8, 4) is 0 Å². The summed E-state index contributed by atoms with van der Waals surface area (Å²) in [6.45, 7) is 1.81. The van der Waals surface area contributed by atoms with E-state index in [2.05, 4.69) is 5.16 Å². The van der Waals surface area contributed by atoms with Crippen LogP contribution in [0.15, 0.2) is 39.0 Å². The predicted octanol–water partition coefficient (Wildman–Crippen LogP) is 1.95. The molecule has 4 nitrogen and oxygen atoms in total. The van der Waals surface area contributed by atoms with Crippen LogP contribution in [0.4, 0.5) is 4.39 Å². The van der Waals surface area contributed by atoms with Crippen molar-refractivity contribution in [2.45, 2.75) is 13.3 Å². The smallest absolute Gasteiger partial charge is 0.140 e. The average molecular weight is 267 g/mol. The number of halogens is 2. The van der Waals surface area contributed by atoms with Crippen LogP contribution in [-0.2, 0) is 10.8 Å². The summed E-state index contributed by atoms with van der Waals surface area (Å²) >= 11 is 0. The van der Waals surface area contributed by atoms with E-state index in [1.54, 1.807) is 12.2 Å². The third-order valence-electron chi connectivity index (χ3n) is 1.81. The van der Waals surface area contributed by atoms with Crippen LogP contribution in [0.1, 0.15) is 13.3 Å². The van der Waals surface area contributed by atoms with Gasteiger partial charge in [0.05, 0.1) is 15.7 Å². The van der Waals surface area contributed by atoms with Gasteiger partial charge in [0, 0.05) is 11.3 Å². The van der Waals surface area contributed by atoms with E-state index < -0.39 is 10.8 Å². The Labute approximate surface area is 101 Å². The molecule has 2 aliphatic rings. The number of hydrogen-bond donors (Lipinski definition) is 2. The van der Waals surface area contributed by atoms with Gasteiger partial charge in [-0.2, -0.15) is 0 Å². The fourth-order valence-electron chi connectivity index (χ4n) is 0.945. The molecule has 2 heterocycles. The Morgan fingerprint density at radius 1 is 1.62 bits per heavy atom. The Morgan fingerprint density at radius 3 is 2.38 bits per heavy atom. The maximum atomic E-state index is 12.4. The minimum absolute atomic E-state index is 0. The molecule has 2 bridgehead atoms. The van der Waals surface area contributed by atoms with Crippen molar-refractivity contribution < 1.29 is 13.8 Å². The first-order valence-corrected chi connectivity index (χ1v) is 5.42. The number of nitrogens with zero attached hydrogens (tertiary/aromatic N) is 1. The first-order valence-electron chi connectivity index (χ1n) is 4.27. The predicted molar refractivity (Wildman–Crippen MR) is 64.4 cm³/mol. The molecule has 16 heavy (non-hydrogen) atoms. The second-order valence-corrected chi connectivity index (χ2v) is 4.25. The largest absolute Gasteiger partial charge is 0.409 e. The van der Waals surface area contributed by atoms with Crippen LogP contribution in [0.3, 0.4) is 0 Å². The molecule has 0 saturated carbocycles. The lowest BCUT2D eigenvalue weighted by Crippen LogP contribution is -2.08. The van der Waals surface area contributed by atoms with E-state index in [-0.39, 0.29) is 24.1 Å². The van der Waals surface area contributed by atoms with Gasteiger partial charge in [0.15, 0.2) is 0 Å². The van der Waals surface area contributed by atoms with Gasteiger partial charge < -0.3 is 10.9 Å². The second-order valence-electron chi connectivity index (χ2n) is 2.81. The molecule has 0 saturated heterocycles. The Hall–Kier alpha value is -1.14. The van der Waals surface area contributed by atoms with Crippen molar-refractivity contribution in [3.63, 3.8) is 0 Å². The zero-order valence-electron chi connectivity index (χ0n) is 8.51. The van der Waals surface area contributed by atoms with E-state index in [1.807, 2.05) is 6.92 Å². The van der Waals surface area contributed by atoms with Crippen LogP contribution in [-0.4, -0.2) is 15.3 Å². The van der Waals surface area contributed by atoms with Crippen molar-refractivity contribution in [2.75, 3.05) is 0 Å². The average Bonchev–Trinajstić information content (AvgIpc) is 2.73. The molecule has 3 N–H and O–H groups in total. The molecule has 0 radical (unpaired) electrons. The molecule has 7 heteroatoms. The molecule has 0 aliphatic carbocycles. The lowest BCUT2D eigenvalue weighted by molar-refractivity contribution is 0.317. The van der Waals surface area contributed by atoms with Crippen molar-refractivity contribution >= 4 is 29.0 Å². The summed E-state index contributed by atoms with van der Waals surface area (Å²) in [7, 11) is -1.18. The number of fused-ring (bicyclic) bond motifs is 2. The standard InChI is InChI=1S/C6H3FOS.C3H8N2O.ClH/c7-5-3-4-1-2-6(5)9(4)8;1-2-3(4)5-6;/h1-3H;6H,2H2,1H3,(H2,4,5);1H. The van der Waals surface area contributed by atoms with Crippen molar-refractivity contribution in [1.29, 1.82) is 0 Å². The summed E-state index contributed by atoms with van der Waals surface area (Å²) in [5.74, 6) is -0.0687. The number of amidine groups is 1. The fraction of sp³-hybridized carbons (Fsp3) is 0.222. The van der Waals surface area contributed by atoms with Crippen LogP contribution >= 0.6 is 12.4 Å². The minimum Gasteiger partial charge on any atom is -0.409 e. The van der Waals surface area contributed by atoms with Gasteiger partial charge in [-0.3, -0.25) is 0 Å². The summed E-state index contributed by atoms with van der Waals surface area (Å²) in [5, 5.41) is 10.5. The van der Waals surface area contributed by atoms with Gasteiger partial charge in [-0.1, -0.05) is 12.1 Å². The number of rotatable bonds is 1. The lowest BCUT2D eigenvalue weighted by Gasteiger charge is -1.83. The topological polar surface area (TPSA) is 75.7 Å². The van der Waals surface area contributed by atoms with E-state index in [4.69, 9.17) is 10.9 Å². The molecule has 0 spiro atoms. The Bertz CT molecular complexity index is 416. The zero-order valence-corrected chi connectivity index (χ0v) is 10.1. The van der Waals surface area contributed by atoms with Crippen molar-refractivity contribution in [2.24, 2.45) is 10.9 Å². The third kappa shape index (κ3) is 3.18. The van der Waals surface area contributed by atoms with E-state index in [0.717, 1.165) is 0 Å². The number of nitrogens with two attached hydrogens (primary N) is 1. The van der Waals surface area contributed by atoms with Gasteiger partial charge in [-0.25, -0.2) is 8.60 Å². The van der Waals surface area contributed by atoms with Gasteiger partial charge in [-0.05, 0) is 18.2 Å². The first kappa shape index (κ1) is 14.9. The summed E-state index contributed by atoms with van der Waals surface area (Å²) < 4.78 is 23.3. The molecular weight excluding hydrogens is 255 g/mol. The molecule has 2 aliphatic heterocycles. The van der Waals surface area contributed by atoms with E-state index in [9.17, 15) is 8.60 Å². The Kier molecular flexibility index (Phi) is 5.98. The van der Waals surface area contributed by atoms with Gasteiger partial charge in [-0.15, -0.1) is 12.4 Å². The molecule has 2 rings (SSSR count). The van der Waals surface area contributed by atoms with Crippen LogP contribution in [0.5, 0.6) is 0 Å². The lowest BCUT2D eigenvalue weighted by atomic mass is 10.3. The first-order chi connectivity index (χ1) is 7.10. The molecule has 0 amide bonds. The summed E-state index contributed by atoms with van der Waals surface area (Å²) in [4.78, 5) is 0.910. The fourth-order valence-corrected chi connectivity index (χ4v) is 2.03. The quantitative estimate of drug-likeness (QED) is 0.330. The highest BCUT2D eigenvalue weighted by molar-refractivity contribution is 7.94. The molecule has 0 aromatic carbocycles. The maximum absolute atomic E-state index is 12.4. The molecule has 0 aromatic heterocycles. The molecule has 0 aromatic rings. The highest BCUT2D eigenvalue weighted by atomic mass is 35.5. The Morgan fingerprint density at radius 2 is 2.25 bits per heavy atom. The summed E-state index contributed by atoms with van der Waals surface area (Å²) in [5.41, 5.74) is 4.97. The van der Waals surface area contributed by atoms with Gasteiger partial charge >= 0.3 is 0 Å². The van der Waals surface area contributed by atoms with Crippen LogP contribution in [0.2, 0.25) is 0 Å². The summed E-state index contributed by atoms with van der Waals surface area (Å²) in [6, 6.07) is 0. The highest BCUT2D eigenvalue weighted by Crippen LogP contribution is 2.34. The van der Waals surface area contributed by atoms with Crippen LogP contribution in [0.25, 0.3) is 0 Å². The second kappa shape index (κ2) is 6.44. The van der Waals surface area contributed by atoms with E-state index >= 15 is 0 Å². The summed E-state index contributed by atoms with van der Waals surface area (Å²) in [6.07, 6.45) is 5.15. The molecular formula is C9H12ClFN2O2S. The third-order valence-corrected chi connectivity index (χ3v) is 3.22. The number of oxime groups is 1. The zero-order chi connectivity index (χ0) is 11.4. The molecule has 0 fully saturated rings. The molecule has 90 valence electrons. The molecule has 1 unspecified atom stereocenters. The maximum Gasteiger partial charge on any atom is 0.140 e. The van der Waals surface area contributed by atoms with Crippen LogP contribution < -0.4 is 5.73 Å². The number of hydrogen-bond acceptors (Lipinski definition) is 3. The van der Waals surface area contributed by atoms with E-state index in [1.165, 1.54) is 6.08 Å². The van der Waals surface area contributed by atoms with Gasteiger partial charge in [0.2, 0.25) is 0 Å². The van der Waals surface area contributed by atoms with Crippen molar-refractivity contribution in [3.05, 3.63) is 33.9 Å². The van der Waals surface area contributed by atoms with Gasteiger partial charge in [0.1, 0.15) is 11.7 Å². The monoisotopic (exact) mass is 266 g/mol. The number of allylic oxidation sites excluding steroid dienone is 4. The SMILES string of the molecule is CC/C(N)=N/O.Cl.O=S1C2=CC(F)=C1C=C2.